The van der Waals surface area contributed by atoms with Gasteiger partial charge in [-0.3, -0.25) is 0 Å². The highest BCUT2D eigenvalue weighted by Crippen LogP contribution is 2.19. The highest BCUT2D eigenvalue weighted by atomic mass is 16.3. The zero-order valence-electron chi connectivity index (χ0n) is 9.44. The molecule has 84 valence electrons. The number of phenols is 1. The van der Waals surface area contributed by atoms with Gasteiger partial charge in [-0.15, -0.1) is 0 Å². The van der Waals surface area contributed by atoms with Crippen molar-refractivity contribution in [3.8, 4) is 5.75 Å². The van der Waals surface area contributed by atoms with Crippen LogP contribution in [-0.4, -0.2) is 22.3 Å². The van der Waals surface area contributed by atoms with Crippen molar-refractivity contribution in [1.82, 2.24) is 5.32 Å². The summed E-state index contributed by atoms with van der Waals surface area (Å²) in [4.78, 5) is 0. The molecule has 0 aromatic heterocycles. The fourth-order valence-corrected chi connectivity index (χ4v) is 1.58. The minimum absolute atomic E-state index is 0.00505. The molecule has 0 heterocycles. The number of aliphatic hydroxyl groups is 1. The lowest BCUT2D eigenvalue weighted by atomic mass is 10.0. The first-order valence-corrected chi connectivity index (χ1v) is 5.23. The van der Waals surface area contributed by atoms with Gasteiger partial charge in [0.2, 0.25) is 0 Å². The summed E-state index contributed by atoms with van der Waals surface area (Å²) >= 11 is 0. The first kappa shape index (κ1) is 12.0. The Hall–Kier alpha value is -1.06. The first-order valence-electron chi connectivity index (χ1n) is 5.23. The number of aliphatic hydroxyl groups excluding tert-OH is 1. The van der Waals surface area contributed by atoms with Crippen molar-refractivity contribution in [3.05, 3.63) is 29.8 Å². The molecule has 1 aromatic rings. The molecule has 3 heteroatoms. The molecular weight excluding hydrogens is 190 g/mol. The van der Waals surface area contributed by atoms with Gasteiger partial charge in [0.15, 0.2) is 0 Å². The monoisotopic (exact) mass is 209 g/mol. The van der Waals surface area contributed by atoms with Crippen molar-refractivity contribution >= 4 is 0 Å². The van der Waals surface area contributed by atoms with Gasteiger partial charge in [0.1, 0.15) is 5.75 Å². The molecular formula is C12H19NO2. The number of rotatable bonds is 4. The predicted molar refractivity (Wildman–Crippen MR) is 60.8 cm³/mol. The van der Waals surface area contributed by atoms with Crippen LogP contribution >= 0.6 is 0 Å². The Kier molecular flexibility index (Phi) is 4.12. The molecule has 0 aliphatic heterocycles. The summed E-state index contributed by atoms with van der Waals surface area (Å²) in [6, 6.07) is 6.97. The number of hydrogen-bond acceptors (Lipinski definition) is 3. The molecule has 0 aliphatic carbocycles. The van der Waals surface area contributed by atoms with E-state index in [0.29, 0.717) is 6.04 Å². The minimum Gasteiger partial charge on any atom is -0.508 e. The Balaban J connectivity index is 2.67. The molecule has 0 fully saturated rings. The van der Waals surface area contributed by atoms with Crippen molar-refractivity contribution in [2.75, 3.05) is 0 Å². The SMILES string of the molecule is CC(C)NC(C)C(O)c1ccc(O)cc1. The van der Waals surface area contributed by atoms with Crippen LogP contribution < -0.4 is 5.32 Å². The average molecular weight is 209 g/mol. The topological polar surface area (TPSA) is 52.5 Å². The van der Waals surface area contributed by atoms with E-state index in [-0.39, 0.29) is 11.8 Å². The Morgan fingerprint density at radius 2 is 1.60 bits per heavy atom. The van der Waals surface area contributed by atoms with Crippen LogP contribution in [0.3, 0.4) is 0 Å². The van der Waals surface area contributed by atoms with E-state index in [9.17, 15) is 5.11 Å². The van der Waals surface area contributed by atoms with Crippen LogP contribution in [0.1, 0.15) is 32.4 Å². The quantitative estimate of drug-likeness (QED) is 0.709. The fourth-order valence-electron chi connectivity index (χ4n) is 1.58. The molecule has 0 saturated carbocycles. The third-order valence-electron chi connectivity index (χ3n) is 2.30. The van der Waals surface area contributed by atoms with Crippen LogP contribution in [0.5, 0.6) is 5.75 Å². The van der Waals surface area contributed by atoms with Crippen molar-refractivity contribution in [2.45, 2.75) is 39.0 Å². The predicted octanol–water partition coefficient (Wildman–Crippen LogP) is 1.81. The summed E-state index contributed by atoms with van der Waals surface area (Å²) < 4.78 is 0. The average Bonchev–Trinajstić information content (AvgIpc) is 2.17. The van der Waals surface area contributed by atoms with Crippen LogP contribution in [0.15, 0.2) is 24.3 Å². The van der Waals surface area contributed by atoms with Crippen molar-refractivity contribution in [3.63, 3.8) is 0 Å². The summed E-state index contributed by atoms with van der Waals surface area (Å²) in [5, 5.41) is 22.4. The van der Waals surface area contributed by atoms with E-state index in [1.807, 2.05) is 20.8 Å². The van der Waals surface area contributed by atoms with E-state index in [1.165, 1.54) is 0 Å². The highest BCUT2D eigenvalue weighted by Gasteiger charge is 2.16. The molecule has 0 spiro atoms. The molecule has 15 heavy (non-hydrogen) atoms. The van der Waals surface area contributed by atoms with E-state index in [0.717, 1.165) is 5.56 Å². The Morgan fingerprint density at radius 3 is 2.07 bits per heavy atom. The molecule has 0 aliphatic rings. The fraction of sp³-hybridized carbons (Fsp3) is 0.500. The van der Waals surface area contributed by atoms with Gasteiger partial charge in [-0.1, -0.05) is 26.0 Å². The maximum absolute atomic E-state index is 9.98. The second-order valence-electron chi connectivity index (χ2n) is 4.15. The molecule has 0 saturated heterocycles. The van der Waals surface area contributed by atoms with E-state index < -0.39 is 6.10 Å². The summed E-state index contributed by atoms with van der Waals surface area (Å²) in [6.07, 6.45) is -0.548. The zero-order chi connectivity index (χ0) is 11.4. The summed E-state index contributed by atoms with van der Waals surface area (Å²) in [5.74, 6) is 0.218. The van der Waals surface area contributed by atoms with E-state index in [2.05, 4.69) is 5.32 Å². The van der Waals surface area contributed by atoms with Crippen LogP contribution in [-0.2, 0) is 0 Å². The van der Waals surface area contributed by atoms with Gasteiger partial charge in [-0.05, 0) is 24.6 Å². The zero-order valence-corrected chi connectivity index (χ0v) is 9.44. The molecule has 0 bridgehead atoms. The maximum Gasteiger partial charge on any atom is 0.115 e. The van der Waals surface area contributed by atoms with Gasteiger partial charge >= 0.3 is 0 Å². The second-order valence-corrected chi connectivity index (χ2v) is 4.15. The van der Waals surface area contributed by atoms with Gasteiger partial charge in [0.05, 0.1) is 6.10 Å². The number of benzene rings is 1. The van der Waals surface area contributed by atoms with Crippen LogP contribution in [0.25, 0.3) is 0 Å². The molecule has 1 aromatic carbocycles. The Labute approximate surface area is 90.8 Å². The second kappa shape index (κ2) is 5.14. The smallest absolute Gasteiger partial charge is 0.115 e. The molecule has 2 unspecified atom stereocenters. The summed E-state index contributed by atoms with van der Waals surface area (Å²) in [7, 11) is 0. The van der Waals surface area contributed by atoms with Crippen LogP contribution in [0, 0.1) is 0 Å². The first-order chi connectivity index (χ1) is 7.00. The highest BCUT2D eigenvalue weighted by molar-refractivity contribution is 5.27. The van der Waals surface area contributed by atoms with E-state index in [4.69, 9.17) is 5.11 Å². The molecule has 0 radical (unpaired) electrons. The summed E-state index contributed by atoms with van der Waals surface area (Å²) in [6.45, 7) is 6.03. The van der Waals surface area contributed by atoms with E-state index in [1.54, 1.807) is 24.3 Å². The summed E-state index contributed by atoms with van der Waals surface area (Å²) in [5.41, 5.74) is 0.813. The minimum atomic E-state index is -0.548. The number of aromatic hydroxyl groups is 1. The third kappa shape index (κ3) is 3.53. The van der Waals surface area contributed by atoms with Crippen molar-refractivity contribution in [2.24, 2.45) is 0 Å². The number of hydrogen-bond donors (Lipinski definition) is 3. The van der Waals surface area contributed by atoms with Gasteiger partial charge in [-0.25, -0.2) is 0 Å². The number of nitrogens with one attached hydrogen (secondary N) is 1. The normalized spacial score (nSPS) is 15.3. The van der Waals surface area contributed by atoms with Gasteiger partial charge < -0.3 is 15.5 Å². The third-order valence-corrected chi connectivity index (χ3v) is 2.30. The Morgan fingerprint density at radius 1 is 1.07 bits per heavy atom. The lowest BCUT2D eigenvalue weighted by molar-refractivity contribution is 0.131. The Bertz CT molecular complexity index is 295. The van der Waals surface area contributed by atoms with Gasteiger partial charge in [0, 0.05) is 12.1 Å². The van der Waals surface area contributed by atoms with Crippen LogP contribution in [0.4, 0.5) is 0 Å². The molecule has 3 N–H and O–H groups in total. The molecule has 2 atom stereocenters. The lowest BCUT2D eigenvalue weighted by Crippen LogP contribution is -2.36. The van der Waals surface area contributed by atoms with Crippen molar-refractivity contribution < 1.29 is 10.2 Å². The van der Waals surface area contributed by atoms with Gasteiger partial charge in [0.25, 0.3) is 0 Å². The lowest BCUT2D eigenvalue weighted by Gasteiger charge is -2.22. The number of phenolic OH excluding ortho intramolecular Hbond substituents is 1. The molecule has 1 rings (SSSR count). The van der Waals surface area contributed by atoms with Crippen molar-refractivity contribution in [1.29, 1.82) is 0 Å². The molecule has 0 amide bonds. The van der Waals surface area contributed by atoms with Gasteiger partial charge in [-0.2, -0.15) is 0 Å². The van der Waals surface area contributed by atoms with Crippen LogP contribution in [0.2, 0.25) is 0 Å². The largest absolute Gasteiger partial charge is 0.508 e. The van der Waals surface area contributed by atoms with E-state index >= 15 is 0 Å². The maximum atomic E-state index is 9.98. The molecule has 3 nitrogen and oxygen atoms in total. The standard InChI is InChI=1S/C12H19NO2/c1-8(2)13-9(3)12(15)10-4-6-11(14)7-5-10/h4-9,12-15H,1-3H3.